The summed E-state index contributed by atoms with van der Waals surface area (Å²) < 4.78 is 19.1. The zero-order chi connectivity index (χ0) is 25.1. The van der Waals surface area contributed by atoms with Crippen molar-refractivity contribution in [2.45, 2.75) is 43.7 Å². The van der Waals surface area contributed by atoms with Crippen molar-refractivity contribution >= 4 is 11.5 Å². The molecule has 36 heavy (non-hydrogen) atoms. The molecule has 0 spiro atoms. The standard InChI is InChI=1S/C26H34N6O4/c1-27-14-19(30-33)16-36-22-11-18(10-21(12-22)34-3)24-13-25(31(2)20-6-8-35-9-7-20)32-26(29-24)23(15-28-32)17-4-5-17/h10-13,15,17,19-20,27H,4-9,14,16H2,1-3H3/t19-/m0/s1. The number of hydrogen-bond donors (Lipinski definition) is 1. The number of aromatic nitrogens is 3. The average Bonchev–Trinajstić information content (AvgIpc) is 3.68. The van der Waals surface area contributed by atoms with E-state index in [2.05, 4.69) is 28.5 Å². The van der Waals surface area contributed by atoms with E-state index in [1.165, 1.54) is 18.4 Å². The average molecular weight is 495 g/mol. The Morgan fingerprint density at radius 2 is 1.97 bits per heavy atom. The Bertz CT molecular complexity index is 1200. The molecule has 2 fully saturated rings. The van der Waals surface area contributed by atoms with Gasteiger partial charge in [-0.1, -0.05) is 5.18 Å². The van der Waals surface area contributed by atoms with Gasteiger partial charge in [0.1, 0.15) is 30.0 Å². The van der Waals surface area contributed by atoms with Crippen molar-refractivity contribution < 1.29 is 14.2 Å². The van der Waals surface area contributed by atoms with E-state index in [1.807, 2.05) is 28.9 Å². The Morgan fingerprint density at radius 3 is 2.67 bits per heavy atom. The summed E-state index contributed by atoms with van der Waals surface area (Å²) in [7, 11) is 5.54. The fourth-order valence-electron chi connectivity index (χ4n) is 4.78. The third kappa shape index (κ3) is 5.15. The van der Waals surface area contributed by atoms with Crippen LogP contribution in [0, 0.1) is 4.91 Å². The van der Waals surface area contributed by atoms with Crippen molar-refractivity contribution in [3.05, 3.63) is 40.9 Å². The number of fused-ring (bicyclic) bond motifs is 1. The van der Waals surface area contributed by atoms with E-state index in [0.717, 1.165) is 48.8 Å². The Labute approximate surface area is 210 Å². The first-order valence-corrected chi connectivity index (χ1v) is 12.6. The van der Waals surface area contributed by atoms with Gasteiger partial charge in [-0.2, -0.15) is 14.5 Å². The van der Waals surface area contributed by atoms with Crippen LogP contribution in [-0.2, 0) is 4.74 Å². The molecule has 3 aromatic rings. The number of rotatable bonds is 11. The minimum absolute atomic E-state index is 0.176. The topological polar surface area (TPSA) is 103 Å². The third-order valence-corrected chi connectivity index (χ3v) is 7.04. The van der Waals surface area contributed by atoms with Crippen LogP contribution < -0.4 is 19.7 Å². The lowest BCUT2D eigenvalue weighted by atomic mass is 10.1. The molecule has 192 valence electrons. The summed E-state index contributed by atoms with van der Waals surface area (Å²) in [6.07, 6.45) is 6.27. The molecule has 2 aromatic heterocycles. The highest BCUT2D eigenvalue weighted by Crippen LogP contribution is 2.43. The van der Waals surface area contributed by atoms with Gasteiger partial charge in [0, 0.05) is 56.1 Å². The molecule has 1 aliphatic heterocycles. The minimum Gasteiger partial charge on any atom is -0.497 e. The zero-order valence-corrected chi connectivity index (χ0v) is 21.1. The molecular formula is C26H34N6O4. The molecular weight excluding hydrogens is 460 g/mol. The van der Waals surface area contributed by atoms with Gasteiger partial charge in [0.05, 0.1) is 19.0 Å². The van der Waals surface area contributed by atoms with Crippen LogP contribution in [0.2, 0.25) is 0 Å². The Hall–Kier alpha value is -3.24. The van der Waals surface area contributed by atoms with E-state index >= 15 is 0 Å². The summed E-state index contributed by atoms with van der Waals surface area (Å²) in [6, 6.07) is 7.68. The second-order valence-corrected chi connectivity index (χ2v) is 9.59. The van der Waals surface area contributed by atoms with Gasteiger partial charge in [0.25, 0.3) is 0 Å². The molecule has 1 N–H and O–H groups in total. The van der Waals surface area contributed by atoms with Gasteiger partial charge in [-0.3, -0.25) is 0 Å². The number of methoxy groups -OCH3 is 1. The van der Waals surface area contributed by atoms with Crippen LogP contribution >= 0.6 is 0 Å². The lowest BCUT2D eigenvalue weighted by Gasteiger charge is -2.33. The van der Waals surface area contributed by atoms with Gasteiger partial charge in [-0.05, 0) is 50.8 Å². The monoisotopic (exact) mass is 494 g/mol. The van der Waals surface area contributed by atoms with Crippen LogP contribution in [-0.4, -0.2) is 74.3 Å². The van der Waals surface area contributed by atoms with Crippen LogP contribution in [0.1, 0.15) is 37.2 Å². The Balaban J connectivity index is 1.54. The molecule has 10 nitrogen and oxygen atoms in total. The van der Waals surface area contributed by atoms with Crippen molar-refractivity contribution in [3.8, 4) is 22.8 Å². The number of anilines is 1. The van der Waals surface area contributed by atoms with Gasteiger partial charge < -0.3 is 24.4 Å². The van der Waals surface area contributed by atoms with Crippen LogP contribution in [0.25, 0.3) is 16.9 Å². The summed E-state index contributed by atoms with van der Waals surface area (Å²) in [5.74, 6) is 2.78. The minimum atomic E-state index is -0.480. The number of hydrogen-bond acceptors (Lipinski definition) is 9. The normalized spacial score (nSPS) is 17.2. The van der Waals surface area contributed by atoms with E-state index in [0.29, 0.717) is 30.0 Å². The molecule has 10 heteroatoms. The molecule has 2 aliphatic rings. The van der Waals surface area contributed by atoms with Gasteiger partial charge in [-0.25, -0.2) is 4.98 Å². The second-order valence-electron chi connectivity index (χ2n) is 9.59. The first-order chi connectivity index (χ1) is 17.6. The largest absolute Gasteiger partial charge is 0.497 e. The number of benzene rings is 1. The lowest BCUT2D eigenvalue weighted by Crippen LogP contribution is -2.37. The maximum Gasteiger partial charge on any atom is 0.161 e. The van der Waals surface area contributed by atoms with Crippen molar-refractivity contribution in [1.82, 2.24) is 19.9 Å². The quantitative estimate of drug-likeness (QED) is 0.403. The summed E-state index contributed by atoms with van der Waals surface area (Å²) in [5, 5.41) is 10.9. The summed E-state index contributed by atoms with van der Waals surface area (Å²) in [4.78, 5) is 18.5. The highest BCUT2D eigenvalue weighted by molar-refractivity contribution is 5.71. The van der Waals surface area contributed by atoms with Crippen molar-refractivity contribution in [2.75, 3.05) is 52.5 Å². The predicted octanol–water partition coefficient (Wildman–Crippen LogP) is 3.63. The van der Waals surface area contributed by atoms with E-state index in [1.54, 1.807) is 14.2 Å². The molecule has 1 saturated carbocycles. The van der Waals surface area contributed by atoms with E-state index in [-0.39, 0.29) is 6.61 Å². The van der Waals surface area contributed by atoms with Gasteiger partial charge in [-0.15, -0.1) is 0 Å². The Morgan fingerprint density at radius 1 is 1.19 bits per heavy atom. The van der Waals surface area contributed by atoms with Crippen molar-refractivity contribution in [3.63, 3.8) is 0 Å². The van der Waals surface area contributed by atoms with E-state index in [4.69, 9.17) is 24.3 Å². The summed E-state index contributed by atoms with van der Waals surface area (Å²) in [5.41, 5.74) is 3.79. The maximum absolute atomic E-state index is 11.1. The predicted molar refractivity (Wildman–Crippen MR) is 138 cm³/mol. The number of ether oxygens (including phenoxy) is 3. The van der Waals surface area contributed by atoms with Gasteiger partial charge >= 0.3 is 0 Å². The second kappa shape index (κ2) is 10.8. The van der Waals surface area contributed by atoms with Gasteiger partial charge in [0.15, 0.2) is 5.65 Å². The number of likely N-dealkylation sites (N-methyl/N-ethyl adjacent to an activating group) is 1. The lowest BCUT2D eigenvalue weighted by molar-refractivity contribution is 0.0853. The first-order valence-electron chi connectivity index (χ1n) is 12.6. The third-order valence-electron chi connectivity index (χ3n) is 7.04. The van der Waals surface area contributed by atoms with Crippen LogP contribution in [0.3, 0.4) is 0 Å². The highest BCUT2D eigenvalue weighted by atomic mass is 16.5. The smallest absolute Gasteiger partial charge is 0.161 e. The molecule has 3 heterocycles. The maximum atomic E-state index is 11.1. The van der Waals surface area contributed by atoms with Gasteiger partial charge in [0.2, 0.25) is 0 Å². The first kappa shape index (κ1) is 24.5. The van der Waals surface area contributed by atoms with Crippen molar-refractivity contribution in [2.24, 2.45) is 5.18 Å². The molecule has 0 amide bonds. The van der Waals surface area contributed by atoms with Crippen LogP contribution in [0.15, 0.2) is 35.6 Å². The highest BCUT2D eigenvalue weighted by Gasteiger charge is 2.30. The molecule has 5 rings (SSSR count). The van der Waals surface area contributed by atoms with E-state index in [9.17, 15) is 4.91 Å². The molecule has 1 saturated heterocycles. The van der Waals surface area contributed by atoms with Crippen LogP contribution in [0.4, 0.5) is 5.82 Å². The summed E-state index contributed by atoms with van der Waals surface area (Å²) >= 11 is 0. The number of nitroso groups, excluding NO2 is 1. The molecule has 0 radical (unpaired) electrons. The molecule has 0 bridgehead atoms. The zero-order valence-electron chi connectivity index (χ0n) is 21.1. The van der Waals surface area contributed by atoms with Crippen LogP contribution in [0.5, 0.6) is 11.5 Å². The molecule has 1 aromatic carbocycles. The SMILES string of the molecule is CNC[C@@H](COc1cc(OC)cc(-c2cc(N(C)C3CCOCC3)n3ncc(C4CC4)c3n2)c1)N=O. The fraction of sp³-hybridized carbons (Fsp3) is 0.538. The molecule has 0 unspecified atom stereocenters. The Kier molecular flexibility index (Phi) is 7.33. The number of nitrogens with one attached hydrogen (secondary N) is 1. The fourth-order valence-corrected chi connectivity index (χ4v) is 4.78. The van der Waals surface area contributed by atoms with E-state index < -0.39 is 6.04 Å². The summed E-state index contributed by atoms with van der Waals surface area (Å²) in [6.45, 7) is 2.16. The number of nitrogens with zero attached hydrogens (tertiary/aromatic N) is 5. The molecule has 1 atom stereocenters. The molecule has 1 aliphatic carbocycles. The van der Waals surface area contributed by atoms with Crippen molar-refractivity contribution in [1.29, 1.82) is 0 Å².